The van der Waals surface area contributed by atoms with Crippen molar-refractivity contribution in [3.63, 3.8) is 0 Å². The lowest BCUT2D eigenvalue weighted by atomic mass is 9.81. The van der Waals surface area contributed by atoms with E-state index in [0.29, 0.717) is 19.5 Å². The summed E-state index contributed by atoms with van der Waals surface area (Å²) < 4.78 is 23.2. The number of hydrogen-bond acceptors (Lipinski definition) is 4. The molecule has 19 heavy (non-hydrogen) atoms. The summed E-state index contributed by atoms with van der Waals surface area (Å²) in [6.45, 7) is 6.18. The molecule has 2 aliphatic heterocycles. The summed E-state index contributed by atoms with van der Waals surface area (Å²) in [5.74, 6) is 0.469. The summed E-state index contributed by atoms with van der Waals surface area (Å²) in [7, 11) is -2.94. The lowest BCUT2D eigenvalue weighted by Gasteiger charge is -2.39. The minimum absolute atomic E-state index is 0.115. The molecule has 0 aromatic rings. The Labute approximate surface area is 115 Å². The molecule has 0 saturated carbocycles. The van der Waals surface area contributed by atoms with Crippen LogP contribution in [0.2, 0.25) is 0 Å². The van der Waals surface area contributed by atoms with Gasteiger partial charge in [-0.15, -0.1) is 0 Å². The minimum Gasteiger partial charge on any atom is -0.338 e. The maximum absolute atomic E-state index is 12.7. The van der Waals surface area contributed by atoms with Crippen LogP contribution in [0.3, 0.4) is 0 Å². The molecule has 2 fully saturated rings. The smallest absolute Gasteiger partial charge is 0.230 e. The molecule has 6 heteroatoms. The van der Waals surface area contributed by atoms with Gasteiger partial charge in [0.1, 0.15) is 0 Å². The molecule has 0 bridgehead atoms. The maximum Gasteiger partial charge on any atom is 0.230 e. The number of sulfone groups is 1. The van der Waals surface area contributed by atoms with Crippen molar-refractivity contribution in [2.45, 2.75) is 39.2 Å². The van der Waals surface area contributed by atoms with Gasteiger partial charge in [0.15, 0.2) is 9.84 Å². The van der Waals surface area contributed by atoms with E-state index in [2.05, 4.69) is 5.32 Å². The van der Waals surface area contributed by atoms with Crippen molar-refractivity contribution in [1.29, 1.82) is 0 Å². The Balaban J connectivity index is 2.11. The predicted molar refractivity (Wildman–Crippen MR) is 74.7 cm³/mol. The number of amides is 1. The Bertz CT molecular complexity index is 441. The van der Waals surface area contributed by atoms with Gasteiger partial charge in [-0.1, -0.05) is 0 Å². The van der Waals surface area contributed by atoms with E-state index in [1.165, 1.54) is 0 Å². The molecule has 5 nitrogen and oxygen atoms in total. The van der Waals surface area contributed by atoms with Gasteiger partial charge >= 0.3 is 0 Å². The van der Waals surface area contributed by atoms with Crippen molar-refractivity contribution >= 4 is 15.7 Å². The Kier molecular flexibility index (Phi) is 4.20. The average Bonchev–Trinajstić information content (AvgIpc) is 2.71. The third-order valence-electron chi connectivity index (χ3n) is 4.36. The predicted octanol–water partition coefficient (Wildman–Crippen LogP) is 0.412. The van der Waals surface area contributed by atoms with Crippen LogP contribution >= 0.6 is 0 Å². The van der Waals surface area contributed by atoms with Gasteiger partial charge in [-0.05, 0) is 39.7 Å². The molecule has 2 rings (SSSR count). The highest BCUT2D eigenvalue weighted by molar-refractivity contribution is 7.91. The summed E-state index contributed by atoms with van der Waals surface area (Å²) in [4.78, 5) is 14.5. The normalized spacial score (nSPS) is 34.1. The van der Waals surface area contributed by atoms with Crippen LogP contribution in [-0.2, 0) is 14.6 Å². The van der Waals surface area contributed by atoms with Crippen molar-refractivity contribution in [2.24, 2.45) is 5.41 Å². The number of carbonyl (C=O) groups excluding carboxylic acids is 1. The van der Waals surface area contributed by atoms with E-state index in [9.17, 15) is 13.2 Å². The summed E-state index contributed by atoms with van der Waals surface area (Å²) in [6.07, 6.45) is 2.48. The monoisotopic (exact) mass is 288 g/mol. The Morgan fingerprint density at radius 2 is 2.21 bits per heavy atom. The van der Waals surface area contributed by atoms with Gasteiger partial charge in [-0.3, -0.25) is 4.79 Å². The molecule has 0 aromatic carbocycles. The zero-order valence-corrected chi connectivity index (χ0v) is 12.6. The second kappa shape index (κ2) is 5.40. The highest BCUT2D eigenvalue weighted by Crippen LogP contribution is 2.30. The van der Waals surface area contributed by atoms with E-state index in [4.69, 9.17) is 0 Å². The molecule has 0 aliphatic carbocycles. The van der Waals surface area contributed by atoms with Crippen molar-refractivity contribution in [3.05, 3.63) is 0 Å². The maximum atomic E-state index is 12.7. The molecule has 2 saturated heterocycles. The second-order valence-corrected chi connectivity index (χ2v) is 8.22. The Morgan fingerprint density at radius 3 is 2.68 bits per heavy atom. The molecule has 1 N–H and O–H groups in total. The zero-order chi connectivity index (χ0) is 14.1. The third-order valence-corrected chi connectivity index (χ3v) is 6.11. The van der Waals surface area contributed by atoms with E-state index in [-0.39, 0.29) is 28.9 Å². The number of carbonyl (C=O) groups is 1. The van der Waals surface area contributed by atoms with Crippen molar-refractivity contribution in [2.75, 3.05) is 31.1 Å². The molecule has 2 unspecified atom stereocenters. The molecule has 0 radical (unpaired) electrons. The molecule has 0 aromatic heterocycles. The fourth-order valence-corrected chi connectivity index (χ4v) is 4.90. The number of rotatable bonds is 3. The van der Waals surface area contributed by atoms with Crippen molar-refractivity contribution in [3.8, 4) is 0 Å². The fourth-order valence-electron chi connectivity index (χ4n) is 3.17. The van der Waals surface area contributed by atoms with E-state index >= 15 is 0 Å². The van der Waals surface area contributed by atoms with Crippen LogP contribution in [0.5, 0.6) is 0 Å². The van der Waals surface area contributed by atoms with Gasteiger partial charge in [-0.2, -0.15) is 0 Å². The first kappa shape index (κ1) is 14.8. The van der Waals surface area contributed by atoms with Crippen molar-refractivity contribution < 1.29 is 13.2 Å². The first-order valence-electron chi connectivity index (χ1n) is 7.10. The topological polar surface area (TPSA) is 66.5 Å². The number of nitrogens with one attached hydrogen (secondary N) is 1. The number of hydrogen-bond donors (Lipinski definition) is 1. The first-order valence-corrected chi connectivity index (χ1v) is 8.92. The zero-order valence-electron chi connectivity index (χ0n) is 11.8. The highest BCUT2D eigenvalue weighted by Gasteiger charge is 2.42. The van der Waals surface area contributed by atoms with Crippen LogP contribution in [0, 0.1) is 5.41 Å². The average molecular weight is 288 g/mol. The standard InChI is InChI=1S/C13H24N2O3S/c1-3-15(11-5-8-19(17,18)9-11)12(16)13(2)6-4-7-14-10-13/h11,14H,3-10H2,1-2H3. The fraction of sp³-hybridized carbons (Fsp3) is 0.923. The van der Waals surface area contributed by atoms with Crippen molar-refractivity contribution in [1.82, 2.24) is 10.2 Å². The lowest BCUT2D eigenvalue weighted by Crippen LogP contribution is -2.53. The Morgan fingerprint density at radius 1 is 1.47 bits per heavy atom. The largest absolute Gasteiger partial charge is 0.338 e. The number of piperidine rings is 1. The lowest BCUT2D eigenvalue weighted by molar-refractivity contribution is -0.144. The third kappa shape index (κ3) is 3.11. The van der Waals surface area contributed by atoms with Crippen LogP contribution in [0.15, 0.2) is 0 Å². The van der Waals surface area contributed by atoms with E-state index in [1.807, 2.05) is 13.8 Å². The van der Waals surface area contributed by atoms with Crippen LogP contribution in [0.4, 0.5) is 0 Å². The molecule has 2 heterocycles. The minimum atomic E-state index is -2.94. The van der Waals surface area contributed by atoms with Crippen LogP contribution in [0.25, 0.3) is 0 Å². The summed E-state index contributed by atoms with van der Waals surface area (Å²) in [6, 6.07) is -0.124. The quantitative estimate of drug-likeness (QED) is 0.817. The summed E-state index contributed by atoms with van der Waals surface area (Å²) in [5.41, 5.74) is -0.374. The summed E-state index contributed by atoms with van der Waals surface area (Å²) >= 11 is 0. The van der Waals surface area contributed by atoms with E-state index in [1.54, 1.807) is 4.90 Å². The van der Waals surface area contributed by atoms with E-state index < -0.39 is 9.84 Å². The molecular formula is C13H24N2O3S. The van der Waals surface area contributed by atoms with Gasteiger partial charge in [0.05, 0.1) is 16.9 Å². The van der Waals surface area contributed by atoms with Gasteiger partial charge in [0.2, 0.25) is 5.91 Å². The van der Waals surface area contributed by atoms with E-state index in [0.717, 1.165) is 19.4 Å². The SMILES string of the molecule is CCN(C(=O)C1(C)CCCNC1)C1CCS(=O)(=O)C1. The van der Waals surface area contributed by atoms with Gasteiger partial charge in [0, 0.05) is 19.1 Å². The van der Waals surface area contributed by atoms with Crippen LogP contribution < -0.4 is 5.32 Å². The van der Waals surface area contributed by atoms with Gasteiger partial charge < -0.3 is 10.2 Å². The molecule has 1 amide bonds. The highest BCUT2D eigenvalue weighted by atomic mass is 32.2. The Hall–Kier alpha value is -0.620. The second-order valence-electron chi connectivity index (χ2n) is 5.99. The van der Waals surface area contributed by atoms with Crippen LogP contribution in [0.1, 0.15) is 33.1 Å². The van der Waals surface area contributed by atoms with Gasteiger partial charge in [-0.25, -0.2) is 8.42 Å². The molecule has 2 atom stereocenters. The molecule has 2 aliphatic rings. The first-order chi connectivity index (χ1) is 8.88. The number of nitrogens with zero attached hydrogens (tertiary/aromatic N) is 1. The summed E-state index contributed by atoms with van der Waals surface area (Å²) in [5, 5.41) is 3.28. The van der Waals surface area contributed by atoms with Gasteiger partial charge in [0.25, 0.3) is 0 Å². The molecular weight excluding hydrogens is 264 g/mol. The van der Waals surface area contributed by atoms with Crippen LogP contribution in [-0.4, -0.2) is 56.4 Å². The molecule has 0 spiro atoms. The molecule has 110 valence electrons.